The maximum absolute atomic E-state index is 13.2. The lowest BCUT2D eigenvalue weighted by molar-refractivity contribution is 0.375. The molecule has 8 nitrogen and oxygen atoms in total. The number of benzene rings is 1. The second-order valence-corrected chi connectivity index (χ2v) is 7.81. The van der Waals surface area contributed by atoms with Crippen LogP contribution in [0.1, 0.15) is 18.7 Å². The Hall–Kier alpha value is -2.04. The third-order valence-electron chi connectivity index (χ3n) is 3.84. The smallest absolute Gasteiger partial charge is 0.321 e. The van der Waals surface area contributed by atoms with E-state index in [1.54, 1.807) is 0 Å². The van der Waals surface area contributed by atoms with Gasteiger partial charge in [-0.05, 0) is 31.0 Å². The maximum atomic E-state index is 13.2. The van der Waals surface area contributed by atoms with Crippen molar-refractivity contribution in [3.8, 4) is 6.01 Å². The van der Waals surface area contributed by atoms with Crippen molar-refractivity contribution in [2.75, 3.05) is 25.1 Å². The molecule has 0 aliphatic carbocycles. The molecule has 0 bridgehead atoms. The van der Waals surface area contributed by atoms with E-state index in [4.69, 9.17) is 16.3 Å². The molecule has 2 heterocycles. The lowest BCUT2D eigenvalue weighted by atomic mass is 10.3. The molecule has 0 radical (unpaired) electrons. The first-order valence-corrected chi connectivity index (χ1v) is 9.74. The van der Waals surface area contributed by atoms with Crippen LogP contribution in [-0.4, -0.2) is 43.6 Å². The topological polar surface area (TPSA) is 97.3 Å². The minimum Gasteiger partial charge on any atom is -0.467 e. The predicted molar refractivity (Wildman–Crippen MR) is 93.3 cm³/mol. The zero-order valence-corrected chi connectivity index (χ0v) is 15.5. The van der Waals surface area contributed by atoms with Gasteiger partial charge in [-0.25, -0.2) is 17.5 Å². The molecule has 1 aliphatic rings. The zero-order chi connectivity index (χ0) is 18.7. The molecule has 1 aromatic carbocycles. The third kappa shape index (κ3) is 4.19. The predicted octanol–water partition coefficient (Wildman–Crippen LogP) is 1.75. The van der Waals surface area contributed by atoms with Gasteiger partial charge in [0.05, 0.1) is 23.6 Å². The van der Waals surface area contributed by atoms with Gasteiger partial charge in [-0.1, -0.05) is 11.6 Å². The van der Waals surface area contributed by atoms with Crippen LogP contribution in [-0.2, 0) is 16.6 Å². The number of hydrogen-bond acceptors (Lipinski definition) is 7. The van der Waals surface area contributed by atoms with Crippen molar-refractivity contribution in [2.45, 2.75) is 24.3 Å². The third-order valence-corrected chi connectivity index (χ3v) is 5.53. The van der Waals surface area contributed by atoms with Crippen molar-refractivity contribution in [1.82, 2.24) is 19.7 Å². The summed E-state index contributed by atoms with van der Waals surface area (Å²) in [7, 11) is -2.48. The van der Waals surface area contributed by atoms with Crippen molar-refractivity contribution in [1.29, 1.82) is 0 Å². The fraction of sp³-hybridized carbons (Fsp3) is 0.400. The van der Waals surface area contributed by atoms with Gasteiger partial charge >= 0.3 is 6.01 Å². The quantitative estimate of drug-likeness (QED) is 0.787. The number of hydrogen-bond donors (Lipinski definition) is 1. The lowest BCUT2D eigenvalue weighted by Crippen LogP contribution is -2.26. The SMILES string of the molecule is COc1nc(CNS(=O)(=O)c2ccc(F)c(Cl)c2)nc(N2CCCC2)n1. The Labute approximate surface area is 155 Å². The summed E-state index contributed by atoms with van der Waals surface area (Å²) in [4.78, 5) is 14.4. The Bertz CT molecular complexity index is 906. The first-order valence-electron chi connectivity index (χ1n) is 7.87. The molecular formula is C15H17ClFN5O3S. The number of aromatic nitrogens is 3. The van der Waals surface area contributed by atoms with Crippen LogP contribution in [0.4, 0.5) is 10.3 Å². The van der Waals surface area contributed by atoms with E-state index in [0.717, 1.165) is 44.1 Å². The van der Waals surface area contributed by atoms with Gasteiger partial charge in [-0.15, -0.1) is 0 Å². The summed E-state index contributed by atoms with van der Waals surface area (Å²) in [6, 6.07) is 3.28. The highest BCUT2D eigenvalue weighted by molar-refractivity contribution is 7.89. The number of halogens is 2. The molecule has 140 valence electrons. The molecule has 2 aromatic rings. The molecule has 1 aliphatic heterocycles. The van der Waals surface area contributed by atoms with Crippen LogP contribution in [0.2, 0.25) is 5.02 Å². The molecule has 0 atom stereocenters. The normalized spacial score (nSPS) is 14.7. The van der Waals surface area contributed by atoms with Gasteiger partial charge in [-0.3, -0.25) is 0 Å². The Kier molecular flexibility index (Phi) is 5.54. The number of nitrogens with one attached hydrogen (secondary N) is 1. The standard InChI is InChI=1S/C15H17ClFN5O3S/c1-25-15-20-13(19-14(21-15)22-6-2-3-7-22)9-18-26(23,24)10-4-5-12(17)11(16)8-10/h4-5,8,18H,2-3,6-7,9H2,1H3. The van der Waals surface area contributed by atoms with E-state index in [9.17, 15) is 12.8 Å². The summed E-state index contributed by atoms with van der Waals surface area (Å²) in [5, 5.41) is -0.272. The van der Waals surface area contributed by atoms with Gasteiger partial charge < -0.3 is 9.64 Å². The highest BCUT2D eigenvalue weighted by atomic mass is 35.5. The average molecular weight is 402 g/mol. The number of anilines is 1. The Morgan fingerprint density at radius 3 is 2.65 bits per heavy atom. The zero-order valence-electron chi connectivity index (χ0n) is 13.9. The Balaban J connectivity index is 1.79. The highest BCUT2D eigenvalue weighted by Crippen LogP contribution is 2.20. The van der Waals surface area contributed by atoms with Crippen molar-refractivity contribution >= 4 is 27.6 Å². The first kappa shape index (κ1) is 18.7. The molecule has 0 saturated carbocycles. The van der Waals surface area contributed by atoms with Crippen molar-refractivity contribution in [3.05, 3.63) is 34.9 Å². The molecule has 3 rings (SSSR count). The van der Waals surface area contributed by atoms with Crippen LogP contribution in [0, 0.1) is 5.82 Å². The number of rotatable bonds is 6. The maximum Gasteiger partial charge on any atom is 0.321 e. The first-order chi connectivity index (χ1) is 12.4. The largest absolute Gasteiger partial charge is 0.467 e. The number of sulfonamides is 1. The van der Waals surface area contributed by atoms with E-state index in [-0.39, 0.29) is 28.3 Å². The summed E-state index contributed by atoms with van der Waals surface area (Å²) in [6.45, 7) is 1.48. The lowest BCUT2D eigenvalue weighted by Gasteiger charge is -2.16. The second kappa shape index (κ2) is 7.68. The summed E-state index contributed by atoms with van der Waals surface area (Å²) in [6.07, 6.45) is 2.09. The van der Waals surface area contributed by atoms with E-state index in [2.05, 4.69) is 19.7 Å². The van der Waals surface area contributed by atoms with Crippen molar-refractivity contribution in [3.63, 3.8) is 0 Å². The van der Waals surface area contributed by atoms with Gasteiger partial charge in [0.2, 0.25) is 16.0 Å². The van der Waals surface area contributed by atoms with E-state index in [1.807, 2.05) is 4.90 Å². The monoisotopic (exact) mass is 401 g/mol. The van der Waals surface area contributed by atoms with E-state index in [0.29, 0.717) is 5.95 Å². The van der Waals surface area contributed by atoms with Gasteiger partial charge in [0.15, 0.2) is 5.82 Å². The van der Waals surface area contributed by atoms with Gasteiger partial charge in [0.25, 0.3) is 0 Å². The average Bonchev–Trinajstić information content (AvgIpc) is 3.17. The van der Waals surface area contributed by atoms with E-state index < -0.39 is 15.8 Å². The highest BCUT2D eigenvalue weighted by Gasteiger charge is 2.20. The second-order valence-electron chi connectivity index (χ2n) is 5.63. The Morgan fingerprint density at radius 2 is 2.00 bits per heavy atom. The van der Waals surface area contributed by atoms with Crippen molar-refractivity contribution < 1.29 is 17.5 Å². The minimum atomic E-state index is -3.91. The van der Waals surface area contributed by atoms with Gasteiger partial charge in [0, 0.05) is 13.1 Å². The molecule has 11 heteroatoms. The summed E-state index contributed by atoms with van der Waals surface area (Å²) < 4.78 is 45.4. The molecule has 0 amide bonds. The number of nitrogens with zero attached hydrogens (tertiary/aromatic N) is 4. The summed E-state index contributed by atoms with van der Waals surface area (Å²) in [5.41, 5.74) is 0. The molecule has 1 saturated heterocycles. The van der Waals surface area contributed by atoms with Crippen LogP contribution in [0.25, 0.3) is 0 Å². The molecular weight excluding hydrogens is 385 g/mol. The van der Waals surface area contributed by atoms with E-state index in [1.165, 1.54) is 7.11 Å². The molecule has 0 spiro atoms. The van der Waals surface area contributed by atoms with Crippen molar-refractivity contribution in [2.24, 2.45) is 0 Å². The molecule has 0 unspecified atom stereocenters. The number of ether oxygens (including phenoxy) is 1. The summed E-state index contributed by atoms with van der Waals surface area (Å²) >= 11 is 5.65. The minimum absolute atomic E-state index is 0.112. The van der Waals surface area contributed by atoms with Gasteiger partial charge in [-0.2, -0.15) is 15.0 Å². The van der Waals surface area contributed by atoms with Crippen LogP contribution in [0.15, 0.2) is 23.1 Å². The molecule has 26 heavy (non-hydrogen) atoms. The van der Waals surface area contributed by atoms with E-state index >= 15 is 0 Å². The number of methoxy groups -OCH3 is 1. The molecule has 1 N–H and O–H groups in total. The van der Waals surface area contributed by atoms with Crippen LogP contribution >= 0.6 is 11.6 Å². The molecule has 1 fully saturated rings. The van der Waals surface area contributed by atoms with Crippen LogP contribution < -0.4 is 14.4 Å². The Morgan fingerprint density at radius 1 is 1.27 bits per heavy atom. The fourth-order valence-electron chi connectivity index (χ4n) is 2.50. The fourth-order valence-corrected chi connectivity index (χ4v) is 3.75. The van der Waals surface area contributed by atoms with Gasteiger partial charge in [0.1, 0.15) is 5.82 Å². The summed E-state index contributed by atoms with van der Waals surface area (Å²) in [5.74, 6) is -0.0213. The van der Waals surface area contributed by atoms with Crippen LogP contribution in [0.5, 0.6) is 6.01 Å². The molecule has 1 aromatic heterocycles. The van der Waals surface area contributed by atoms with Crippen LogP contribution in [0.3, 0.4) is 0 Å².